The maximum absolute atomic E-state index is 9.48. The molecule has 0 aliphatic carbocycles. The molecule has 2 unspecified atom stereocenters. The SMILES string of the molecule is CC(C)(C)C1=CCN(CC2CC(O)CN2)CC1. The normalized spacial score (nSPS) is 31.6. The van der Waals surface area contributed by atoms with Crippen LogP contribution in [0.25, 0.3) is 0 Å². The quantitative estimate of drug-likeness (QED) is 0.714. The Hall–Kier alpha value is -0.380. The number of aliphatic hydroxyl groups excluding tert-OH is 1. The number of hydrogen-bond donors (Lipinski definition) is 2. The molecule has 3 heteroatoms. The first-order valence-electron chi connectivity index (χ1n) is 6.78. The van der Waals surface area contributed by atoms with Gasteiger partial charge in [-0.1, -0.05) is 32.4 Å². The molecule has 3 nitrogen and oxygen atoms in total. The molecule has 0 aromatic carbocycles. The minimum Gasteiger partial charge on any atom is -0.392 e. The molecule has 2 rings (SSSR count). The maximum Gasteiger partial charge on any atom is 0.0680 e. The molecule has 0 saturated carbocycles. The molecule has 0 spiro atoms. The van der Waals surface area contributed by atoms with Crippen LogP contribution in [-0.2, 0) is 0 Å². The monoisotopic (exact) mass is 238 g/mol. The standard InChI is InChI=1S/C14H26N2O/c1-14(2,3)11-4-6-16(7-5-11)10-12-8-13(17)9-15-12/h4,12-13,15,17H,5-10H2,1-3H3. The zero-order chi connectivity index (χ0) is 12.5. The van der Waals surface area contributed by atoms with E-state index in [4.69, 9.17) is 0 Å². The average Bonchev–Trinajstić information content (AvgIpc) is 2.63. The lowest BCUT2D eigenvalue weighted by atomic mass is 9.83. The van der Waals surface area contributed by atoms with Crippen LogP contribution in [0.1, 0.15) is 33.6 Å². The van der Waals surface area contributed by atoms with Crippen molar-refractivity contribution in [2.45, 2.75) is 45.8 Å². The first kappa shape index (κ1) is 13.1. The Morgan fingerprint density at radius 3 is 2.71 bits per heavy atom. The average molecular weight is 238 g/mol. The van der Waals surface area contributed by atoms with Crippen molar-refractivity contribution in [3.05, 3.63) is 11.6 Å². The van der Waals surface area contributed by atoms with Crippen LogP contribution in [0, 0.1) is 5.41 Å². The Balaban J connectivity index is 1.81. The van der Waals surface area contributed by atoms with E-state index in [0.717, 1.165) is 32.6 Å². The van der Waals surface area contributed by atoms with Gasteiger partial charge in [0.15, 0.2) is 0 Å². The molecule has 0 radical (unpaired) electrons. The Morgan fingerprint density at radius 1 is 1.47 bits per heavy atom. The Kier molecular flexibility index (Phi) is 3.91. The molecule has 2 aliphatic rings. The van der Waals surface area contributed by atoms with Gasteiger partial charge in [0.2, 0.25) is 0 Å². The Morgan fingerprint density at radius 2 is 2.24 bits per heavy atom. The second kappa shape index (κ2) is 5.09. The summed E-state index contributed by atoms with van der Waals surface area (Å²) >= 11 is 0. The molecule has 98 valence electrons. The van der Waals surface area contributed by atoms with Gasteiger partial charge in [0.25, 0.3) is 0 Å². The lowest BCUT2D eigenvalue weighted by Gasteiger charge is -2.33. The third-order valence-corrected chi connectivity index (χ3v) is 3.93. The van der Waals surface area contributed by atoms with Crippen molar-refractivity contribution in [1.82, 2.24) is 10.2 Å². The molecule has 0 aromatic heterocycles. The van der Waals surface area contributed by atoms with E-state index in [2.05, 4.69) is 37.1 Å². The summed E-state index contributed by atoms with van der Waals surface area (Å²) < 4.78 is 0. The van der Waals surface area contributed by atoms with Crippen molar-refractivity contribution in [2.24, 2.45) is 5.41 Å². The van der Waals surface area contributed by atoms with Gasteiger partial charge in [-0.05, 0) is 18.3 Å². The molecular formula is C14H26N2O. The van der Waals surface area contributed by atoms with Crippen LogP contribution in [0.5, 0.6) is 0 Å². The minimum absolute atomic E-state index is 0.134. The highest BCUT2D eigenvalue weighted by Crippen LogP contribution is 2.30. The largest absolute Gasteiger partial charge is 0.392 e. The number of rotatable bonds is 2. The van der Waals surface area contributed by atoms with Crippen LogP contribution in [0.2, 0.25) is 0 Å². The highest BCUT2D eigenvalue weighted by atomic mass is 16.3. The fraction of sp³-hybridized carbons (Fsp3) is 0.857. The molecule has 2 atom stereocenters. The second-order valence-corrected chi connectivity index (χ2v) is 6.48. The van der Waals surface area contributed by atoms with E-state index in [0.29, 0.717) is 11.5 Å². The van der Waals surface area contributed by atoms with Gasteiger partial charge in [0.1, 0.15) is 0 Å². The van der Waals surface area contributed by atoms with Crippen molar-refractivity contribution in [3.8, 4) is 0 Å². The maximum atomic E-state index is 9.48. The molecule has 1 saturated heterocycles. The van der Waals surface area contributed by atoms with Gasteiger partial charge in [-0.15, -0.1) is 0 Å². The summed E-state index contributed by atoms with van der Waals surface area (Å²) in [5, 5.41) is 12.9. The van der Waals surface area contributed by atoms with Gasteiger partial charge >= 0.3 is 0 Å². The summed E-state index contributed by atoms with van der Waals surface area (Å²) in [5.41, 5.74) is 1.92. The summed E-state index contributed by atoms with van der Waals surface area (Å²) in [5.74, 6) is 0. The van der Waals surface area contributed by atoms with E-state index in [1.54, 1.807) is 5.57 Å². The molecule has 0 amide bonds. The second-order valence-electron chi connectivity index (χ2n) is 6.48. The summed E-state index contributed by atoms with van der Waals surface area (Å²) in [4.78, 5) is 2.49. The molecule has 2 aliphatic heterocycles. The predicted molar refractivity (Wildman–Crippen MR) is 71.0 cm³/mol. The molecule has 2 N–H and O–H groups in total. The van der Waals surface area contributed by atoms with Crippen molar-refractivity contribution in [3.63, 3.8) is 0 Å². The number of β-amino-alcohol motifs (C(OH)–C–C–N with tert-alkyl or cyclic N) is 1. The van der Waals surface area contributed by atoms with Gasteiger partial charge in [-0.25, -0.2) is 0 Å². The number of nitrogens with zero attached hydrogens (tertiary/aromatic N) is 1. The Bertz CT molecular complexity index is 293. The summed E-state index contributed by atoms with van der Waals surface area (Å²) in [6.07, 6.45) is 4.37. The number of hydrogen-bond acceptors (Lipinski definition) is 3. The highest BCUT2D eigenvalue weighted by Gasteiger charge is 2.26. The van der Waals surface area contributed by atoms with Gasteiger partial charge < -0.3 is 10.4 Å². The van der Waals surface area contributed by atoms with Crippen LogP contribution in [-0.4, -0.2) is 48.3 Å². The molecule has 1 fully saturated rings. The van der Waals surface area contributed by atoms with E-state index in [-0.39, 0.29) is 6.10 Å². The lowest BCUT2D eigenvalue weighted by molar-refractivity contribution is 0.187. The van der Waals surface area contributed by atoms with E-state index in [9.17, 15) is 5.11 Å². The van der Waals surface area contributed by atoms with Crippen molar-refractivity contribution < 1.29 is 5.11 Å². The number of aliphatic hydroxyl groups is 1. The molecule has 0 bridgehead atoms. The zero-order valence-corrected chi connectivity index (χ0v) is 11.4. The third kappa shape index (κ3) is 3.54. The molecule has 17 heavy (non-hydrogen) atoms. The van der Waals surface area contributed by atoms with E-state index in [1.807, 2.05) is 0 Å². The summed E-state index contributed by atoms with van der Waals surface area (Å²) in [6, 6.07) is 0.481. The molecule has 0 aromatic rings. The van der Waals surface area contributed by atoms with E-state index in [1.165, 1.54) is 6.42 Å². The Labute approximate surface area is 105 Å². The molecular weight excluding hydrogens is 212 g/mol. The van der Waals surface area contributed by atoms with E-state index < -0.39 is 0 Å². The first-order chi connectivity index (χ1) is 7.95. The fourth-order valence-electron chi connectivity index (χ4n) is 2.81. The van der Waals surface area contributed by atoms with Crippen molar-refractivity contribution in [2.75, 3.05) is 26.2 Å². The first-order valence-corrected chi connectivity index (χ1v) is 6.78. The van der Waals surface area contributed by atoms with Crippen LogP contribution in [0.3, 0.4) is 0 Å². The van der Waals surface area contributed by atoms with Crippen LogP contribution < -0.4 is 5.32 Å². The highest BCUT2D eigenvalue weighted by molar-refractivity contribution is 5.14. The topological polar surface area (TPSA) is 35.5 Å². The van der Waals surface area contributed by atoms with Gasteiger partial charge in [0.05, 0.1) is 6.10 Å². The lowest BCUT2D eigenvalue weighted by Crippen LogP contribution is -2.40. The number of nitrogens with one attached hydrogen (secondary N) is 1. The fourth-order valence-corrected chi connectivity index (χ4v) is 2.81. The summed E-state index contributed by atoms with van der Waals surface area (Å²) in [7, 11) is 0. The van der Waals surface area contributed by atoms with Gasteiger partial charge in [0, 0.05) is 32.2 Å². The van der Waals surface area contributed by atoms with Crippen molar-refractivity contribution in [1.29, 1.82) is 0 Å². The van der Waals surface area contributed by atoms with Crippen molar-refractivity contribution >= 4 is 0 Å². The minimum atomic E-state index is -0.134. The zero-order valence-electron chi connectivity index (χ0n) is 11.4. The third-order valence-electron chi connectivity index (χ3n) is 3.93. The summed E-state index contributed by atoms with van der Waals surface area (Å²) in [6.45, 7) is 11.0. The van der Waals surface area contributed by atoms with Crippen LogP contribution in [0.4, 0.5) is 0 Å². The van der Waals surface area contributed by atoms with Gasteiger partial charge in [-0.2, -0.15) is 0 Å². The van der Waals surface area contributed by atoms with Gasteiger partial charge in [-0.3, -0.25) is 4.90 Å². The van der Waals surface area contributed by atoms with Crippen LogP contribution in [0.15, 0.2) is 11.6 Å². The predicted octanol–water partition coefficient (Wildman–Crippen LogP) is 1.39. The molecule has 2 heterocycles. The van der Waals surface area contributed by atoms with Crippen LogP contribution >= 0.6 is 0 Å². The smallest absolute Gasteiger partial charge is 0.0680 e. The van der Waals surface area contributed by atoms with E-state index >= 15 is 0 Å².